The molecule has 0 fully saturated rings. The Balaban J connectivity index is 2.24. The molecular formula is C10H19N5O2. The minimum absolute atomic E-state index is 0.223. The Labute approximate surface area is 100 Å². The number of nitrogens with one attached hydrogen (secondary N) is 1. The number of rotatable bonds is 7. The van der Waals surface area contributed by atoms with Gasteiger partial charge in [-0.15, -0.1) is 0 Å². The molecule has 1 aromatic heterocycles. The molecule has 0 saturated carbocycles. The van der Waals surface area contributed by atoms with Crippen molar-refractivity contribution in [1.29, 1.82) is 0 Å². The summed E-state index contributed by atoms with van der Waals surface area (Å²) in [4.78, 5) is 10.6. The summed E-state index contributed by atoms with van der Waals surface area (Å²) in [6.07, 6.45) is 2.45. The SMILES string of the molecule is CC(CCCC(C)C(=O)O)Nc1nnnn1C. The highest BCUT2D eigenvalue weighted by Crippen LogP contribution is 2.11. The van der Waals surface area contributed by atoms with Crippen LogP contribution in [0.4, 0.5) is 5.95 Å². The van der Waals surface area contributed by atoms with E-state index in [-0.39, 0.29) is 12.0 Å². The third-order valence-electron chi connectivity index (χ3n) is 2.69. The van der Waals surface area contributed by atoms with E-state index in [1.54, 1.807) is 18.7 Å². The van der Waals surface area contributed by atoms with E-state index >= 15 is 0 Å². The smallest absolute Gasteiger partial charge is 0.306 e. The van der Waals surface area contributed by atoms with Gasteiger partial charge in [0.1, 0.15) is 0 Å². The van der Waals surface area contributed by atoms with Crippen molar-refractivity contribution in [2.45, 2.75) is 39.2 Å². The molecule has 0 aliphatic rings. The number of aliphatic carboxylic acids is 1. The molecule has 1 heterocycles. The Bertz CT molecular complexity index is 365. The summed E-state index contributed by atoms with van der Waals surface area (Å²) in [7, 11) is 1.77. The maximum absolute atomic E-state index is 10.6. The Morgan fingerprint density at radius 1 is 1.47 bits per heavy atom. The van der Waals surface area contributed by atoms with E-state index < -0.39 is 5.97 Å². The largest absolute Gasteiger partial charge is 0.481 e. The number of hydrogen-bond acceptors (Lipinski definition) is 5. The fourth-order valence-corrected chi connectivity index (χ4v) is 1.50. The number of tetrazole rings is 1. The van der Waals surface area contributed by atoms with Crippen LogP contribution < -0.4 is 5.32 Å². The van der Waals surface area contributed by atoms with E-state index in [2.05, 4.69) is 20.8 Å². The number of hydrogen-bond donors (Lipinski definition) is 2. The lowest BCUT2D eigenvalue weighted by atomic mass is 10.0. The minimum Gasteiger partial charge on any atom is -0.481 e. The molecule has 0 spiro atoms. The molecule has 1 aromatic rings. The summed E-state index contributed by atoms with van der Waals surface area (Å²) in [5.74, 6) is -0.384. The van der Waals surface area contributed by atoms with Gasteiger partial charge in [0.25, 0.3) is 0 Å². The van der Waals surface area contributed by atoms with Crippen LogP contribution in [0.5, 0.6) is 0 Å². The molecule has 7 heteroatoms. The highest BCUT2D eigenvalue weighted by Gasteiger charge is 2.12. The fraction of sp³-hybridized carbons (Fsp3) is 0.800. The van der Waals surface area contributed by atoms with Gasteiger partial charge in [0.2, 0.25) is 5.95 Å². The molecule has 1 rings (SSSR count). The van der Waals surface area contributed by atoms with E-state index in [1.165, 1.54) is 0 Å². The predicted octanol–water partition coefficient (Wildman–Crippen LogP) is 0.901. The third kappa shape index (κ3) is 4.38. The van der Waals surface area contributed by atoms with E-state index in [0.29, 0.717) is 12.4 Å². The molecule has 0 amide bonds. The molecule has 96 valence electrons. The number of anilines is 1. The third-order valence-corrected chi connectivity index (χ3v) is 2.69. The highest BCUT2D eigenvalue weighted by atomic mass is 16.4. The predicted molar refractivity (Wildman–Crippen MR) is 62.5 cm³/mol. The van der Waals surface area contributed by atoms with Gasteiger partial charge in [-0.25, -0.2) is 4.68 Å². The van der Waals surface area contributed by atoms with Crippen molar-refractivity contribution < 1.29 is 9.90 Å². The van der Waals surface area contributed by atoms with Crippen LogP contribution in [0.15, 0.2) is 0 Å². The topological polar surface area (TPSA) is 92.9 Å². The van der Waals surface area contributed by atoms with Crippen LogP contribution >= 0.6 is 0 Å². The van der Waals surface area contributed by atoms with Crippen LogP contribution in [-0.4, -0.2) is 37.3 Å². The molecule has 0 aromatic carbocycles. The molecule has 0 aliphatic carbocycles. The van der Waals surface area contributed by atoms with Crippen molar-refractivity contribution in [3.05, 3.63) is 0 Å². The van der Waals surface area contributed by atoms with Crippen molar-refractivity contribution >= 4 is 11.9 Å². The maximum atomic E-state index is 10.6. The second-order valence-electron chi connectivity index (χ2n) is 4.34. The summed E-state index contributed by atoms with van der Waals surface area (Å²) < 4.78 is 1.57. The minimum atomic E-state index is -0.733. The van der Waals surface area contributed by atoms with Crippen molar-refractivity contribution in [3.63, 3.8) is 0 Å². The first kappa shape index (κ1) is 13.4. The Hall–Kier alpha value is -1.66. The number of carboxylic acid groups (broad SMARTS) is 1. The van der Waals surface area contributed by atoms with Crippen LogP contribution in [0.1, 0.15) is 33.1 Å². The van der Waals surface area contributed by atoms with Gasteiger partial charge in [-0.05, 0) is 30.2 Å². The van der Waals surface area contributed by atoms with Crippen molar-refractivity contribution in [2.24, 2.45) is 13.0 Å². The summed E-state index contributed by atoms with van der Waals surface area (Å²) in [5.41, 5.74) is 0. The molecule has 0 saturated heterocycles. The van der Waals surface area contributed by atoms with E-state index in [1.807, 2.05) is 6.92 Å². The number of aromatic nitrogens is 4. The second kappa shape index (κ2) is 6.17. The highest BCUT2D eigenvalue weighted by molar-refractivity contribution is 5.69. The normalized spacial score (nSPS) is 14.3. The molecular weight excluding hydrogens is 222 g/mol. The van der Waals surface area contributed by atoms with Gasteiger partial charge in [-0.3, -0.25) is 4.79 Å². The van der Waals surface area contributed by atoms with Gasteiger partial charge >= 0.3 is 5.97 Å². The van der Waals surface area contributed by atoms with Crippen molar-refractivity contribution in [1.82, 2.24) is 20.2 Å². The van der Waals surface area contributed by atoms with Gasteiger partial charge in [0, 0.05) is 13.1 Å². The number of carbonyl (C=O) groups is 1. The summed E-state index contributed by atoms with van der Waals surface area (Å²) in [6.45, 7) is 3.76. The average Bonchev–Trinajstić information content (AvgIpc) is 2.64. The van der Waals surface area contributed by atoms with Crippen LogP contribution in [-0.2, 0) is 11.8 Å². The van der Waals surface area contributed by atoms with Gasteiger partial charge < -0.3 is 10.4 Å². The van der Waals surface area contributed by atoms with Gasteiger partial charge in [-0.2, -0.15) is 0 Å². The van der Waals surface area contributed by atoms with Crippen LogP contribution in [0, 0.1) is 5.92 Å². The van der Waals surface area contributed by atoms with E-state index in [4.69, 9.17) is 5.11 Å². The van der Waals surface area contributed by atoms with Crippen molar-refractivity contribution in [2.75, 3.05) is 5.32 Å². The molecule has 2 N–H and O–H groups in total. The lowest BCUT2D eigenvalue weighted by Crippen LogP contribution is -2.19. The van der Waals surface area contributed by atoms with E-state index in [0.717, 1.165) is 12.8 Å². The second-order valence-corrected chi connectivity index (χ2v) is 4.34. The molecule has 0 aliphatic heterocycles. The zero-order valence-electron chi connectivity index (χ0n) is 10.4. The lowest BCUT2D eigenvalue weighted by molar-refractivity contribution is -0.141. The van der Waals surface area contributed by atoms with Gasteiger partial charge in [0.15, 0.2) is 0 Å². The first-order valence-corrected chi connectivity index (χ1v) is 5.72. The Morgan fingerprint density at radius 3 is 2.71 bits per heavy atom. The van der Waals surface area contributed by atoms with Crippen LogP contribution in [0.2, 0.25) is 0 Å². The van der Waals surface area contributed by atoms with Crippen LogP contribution in [0.3, 0.4) is 0 Å². The number of nitrogens with zero attached hydrogens (tertiary/aromatic N) is 4. The van der Waals surface area contributed by atoms with E-state index in [9.17, 15) is 4.79 Å². The molecule has 0 bridgehead atoms. The average molecular weight is 241 g/mol. The standard InChI is InChI=1S/C10H19N5O2/c1-7(9(16)17)5-4-6-8(2)11-10-12-13-14-15(10)3/h7-8H,4-6H2,1-3H3,(H,16,17)(H,11,12,14). The molecule has 17 heavy (non-hydrogen) atoms. The maximum Gasteiger partial charge on any atom is 0.306 e. The summed E-state index contributed by atoms with van der Waals surface area (Å²) in [5, 5.41) is 23.0. The Morgan fingerprint density at radius 2 is 2.18 bits per heavy atom. The first-order chi connectivity index (χ1) is 8.00. The lowest BCUT2D eigenvalue weighted by Gasteiger charge is -2.13. The fourth-order valence-electron chi connectivity index (χ4n) is 1.50. The van der Waals surface area contributed by atoms with Crippen molar-refractivity contribution in [3.8, 4) is 0 Å². The number of carboxylic acids is 1. The van der Waals surface area contributed by atoms with Gasteiger partial charge in [-0.1, -0.05) is 18.4 Å². The molecule has 0 radical (unpaired) electrons. The van der Waals surface area contributed by atoms with Gasteiger partial charge in [0.05, 0.1) is 5.92 Å². The van der Waals surface area contributed by atoms with Crippen LogP contribution in [0.25, 0.3) is 0 Å². The molecule has 2 unspecified atom stereocenters. The first-order valence-electron chi connectivity index (χ1n) is 5.72. The Kier molecular flexibility index (Phi) is 4.86. The number of aryl methyl sites for hydroxylation is 1. The summed E-state index contributed by atoms with van der Waals surface area (Å²) >= 11 is 0. The molecule has 7 nitrogen and oxygen atoms in total. The zero-order valence-corrected chi connectivity index (χ0v) is 10.4. The molecule has 2 atom stereocenters. The summed E-state index contributed by atoms with van der Waals surface area (Å²) in [6, 6.07) is 0.223. The quantitative estimate of drug-likeness (QED) is 0.736. The zero-order chi connectivity index (χ0) is 12.8. The monoisotopic (exact) mass is 241 g/mol.